The maximum atomic E-state index is 12.2. The average Bonchev–Trinajstić information content (AvgIpc) is 2.54. The number of fused-ring (bicyclic) bond motifs is 1. The smallest absolute Gasteiger partial charge is 0.192 e. The molecule has 1 aromatic heterocycles. The fourth-order valence-electron chi connectivity index (χ4n) is 2.22. The minimum Gasteiger partial charge on any atom is -0.460 e. The van der Waals surface area contributed by atoms with Crippen LogP contribution in [0.4, 0.5) is 0 Å². The highest BCUT2D eigenvalue weighted by molar-refractivity contribution is 9.12. The first-order valence-corrected chi connectivity index (χ1v) is 8.83. The number of benzene rings is 2. The molecule has 0 radical (unpaired) electrons. The van der Waals surface area contributed by atoms with Gasteiger partial charge in [0.05, 0.1) is 15.0 Å². The van der Waals surface area contributed by atoms with Gasteiger partial charge in [0, 0.05) is 11.1 Å². The molecule has 0 saturated heterocycles. The fraction of sp³-hybridized carbons (Fsp3) is 0.118. The first-order chi connectivity index (χ1) is 10.6. The Morgan fingerprint density at radius 3 is 2.36 bits per heavy atom. The second kappa shape index (κ2) is 6.57. The van der Waals surface area contributed by atoms with Gasteiger partial charge in [-0.15, -0.1) is 0 Å². The van der Waals surface area contributed by atoms with Crippen LogP contribution in [0.25, 0.3) is 11.0 Å². The molecule has 112 valence electrons. The summed E-state index contributed by atoms with van der Waals surface area (Å²) in [7, 11) is 0. The van der Waals surface area contributed by atoms with Crippen LogP contribution in [-0.2, 0) is 0 Å². The molecule has 0 saturated carbocycles. The number of hydrogen-bond acceptors (Lipinski definition) is 2. The van der Waals surface area contributed by atoms with E-state index in [1.165, 1.54) is 6.07 Å². The lowest BCUT2D eigenvalue weighted by atomic mass is 10.1. The summed E-state index contributed by atoms with van der Waals surface area (Å²) in [5.74, 6) is 0.584. The van der Waals surface area contributed by atoms with Crippen LogP contribution >= 0.6 is 43.5 Å². The molecule has 3 rings (SSSR count). The molecule has 5 heteroatoms. The molecule has 0 fully saturated rings. The van der Waals surface area contributed by atoms with Gasteiger partial charge in [-0.3, -0.25) is 4.79 Å². The van der Waals surface area contributed by atoms with E-state index in [-0.39, 0.29) is 15.1 Å². The van der Waals surface area contributed by atoms with Crippen LogP contribution in [-0.4, -0.2) is 0 Å². The predicted octanol–water partition coefficient (Wildman–Crippen LogP) is 6.02. The lowest BCUT2D eigenvalue weighted by Gasteiger charge is -2.17. The van der Waals surface area contributed by atoms with Crippen molar-refractivity contribution in [3.8, 4) is 0 Å². The first-order valence-electron chi connectivity index (χ1n) is 6.62. The van der Waals surface area contributed by atoms with Crippen LogP contribution in [0.3, 0.4) is 0 Å². The normalized spacial score (nSPS) is 14.0. The Bertz CT molecular complexity index is 858. The molecule has 0 amide bonds. The van der Waals surface area contributed by atoms with E-state index in [2.05, 4.69) is 31.9 Å². The van der Waals surface area contributed by atoms with Gasteiger partial charge in [-0.1, -0.05) is 67.7 Å². The van der Waals surface area contributed by atoms with Crippen LogP contribution < -0.4 is 5.43 Å². The van der Waals surface area contributed by atoms with Crippen LogP contribution in [0.1, 0.15) is 21.0 Å². The molecule has 1 heterocycles. The Hall–Kier alpha value is -1.10. The molecule has 3 aromatic rings. The Morgan fingerprint density at radius 1 is 0.955 bits per heavy atom. The van der Waals surface area contributed by atoms with Gasteiger partial charge in [0.2, 0.25) is 0 Å². The third-order valence-electron chi connectivity index (χ3n) is 3.37. The van der Waals surface area contributed by atoms with Gasteiger partial charge < -0.3 is 4.42 Å². The maximum Gasteiger partial charge on any atom is 0.192 e. The molecular weight excluding hydrogens is 431 g/mol. The van der Waals surface area contributed by atoms with Crippen LogP contribution in [0.2, 0.25) is 5.02 Å². The zero-order valence-corrected chi connectivity index (χ0v) is 15.2. The standard InChI is InChI=1S/C17H11Br2ClO2/c18-16(10-5-7-11(20)8-6-10)17(19)15-9-13(21)12-3-1-2-4-14(12)22-15/h1-9,16-17H. The molecule has 0 spiro atoms. The first kappa shape index (κ1) is 15.8. The Morgan fingerprint density at radius 2 is 1.64 bits per heavy atom. The van der Waals surface area contributed by atoms with Crippen molar-refractivity contribution in [2.24, 2.45) is 0 Å². The summed E-state index contributed by atoms with van der Waals surface area (Å²) in [4.78, 5) is 12.0. The van der Waals surface area contributed by atoms with Crippen molar-refractivity contribution in [3.05, 3.63) is 81.2 Å². The fourth-order valence-corrected chi connectivity index (χ4v) is 3.44. The van der Waals surface area contributed by atoms with E-state index in [9.17, 15) is 4.79 Å². The summed E-state index contributed by atoms with van der Waals surface area (Å²) in [5, 5.41) is 1.27. The molecule has 2 unspecified atom stereocenters. The molecule has 0 aliphatic heterocycles. The molecule has 22 heavy (non-hydrogen) atoms. The van der Waals surface area contributed by atoms with Gasteiger partial charge in [0.15, 0.2) is 5.43 Å². The molecule has 2 aromatic carbocycles. The van der Waals surface area contributed by atoms with Crippen molar-refractivity contribution in [2.75, 3.05) is 0 Å². The summed E-state index contributed by atoms with van der Waals surface area (Å²) in [6.45, 7) is 0. The van der Waals surface area contributed by atoms with Crippen molar-refractivity contribution in [1.29, 1.82) is 0 Å². The van der Waals surface area contributed by atoms with Crippen molar-refractivity contribution in [3.63, 3.8) is 0 Å². The van der Waals surface area contributed by atoms with Crippen molar-refractivity contribution < 1.29 is 4.42 Å². The third kappa shape index (κ3) is 3.14. The van der Waals surface area contributed by atoms with E-state index in [0.29, 0.717) is 21.8 Å². The SMILES string of the molecule is O=c1cc(C(Br)C(Br)c2ccc(Cl)cc2)oc2ccccc12. The number of para-hydroxylation sites is 1. The molecule has 2 nitrogen and oxygen atoms in total. The lowest BCUT2D eigenvalue weighted by Crippen LogP contribution is -2.06. The third-order valence-corrected chi connectivity index (χ3v) is 6.37. The predicted molar refractivity (Wildman–Crippen MR) is 97.3 cm³/mol. The molecule has 0 aliphatic carbocycles. The van der Waals surface area contributed by atoms with Gasteiger partial charge >= 0.3 is 0 Å². The molecule has 0 N–H and O–H groups in total. The van der Waals surface area contributed by atoms with Gasteiger partial charge in [-0.2, -0.15) is 0 Å². The topological polar surface area (TPSA) is 30.2 Å². The van der Waals surface area contributed by atoms with E-state index >= 15 is 0 Å². The molecule has 0 aliphatic rings. The van der Waals surface area contributed by atoms with E-state index < -0.39 is 0 Å². The highest BCUT2D eigenvalue weighted by Crippen LogP contribution is 2.42. The number of hydrogen-bond donors (Lipinski definition) is 0. The molecular formula is C17H11Br2ClO2. The summed E-state index contributed by atoms with van der Waals surface area (Å²) < 4.78 is 5.87. The zero-order valence-electron chi connectivity index (χ0n) is 11.3. The van der Waals surface area contributed by atoms with Crippen molar-refractivity contribution >= 4 is 54.4 Å². The lowest BCUT2D eigenvalue weighted by molar-refractivity contribution is 0.531. The minimum absolute atomic E-state index is 0.0443. The van der Waals surface area contributed by atoms with Crippen LogP contribution in [0.5, 0.6) is 0 Å². The zero-order chi connectivity index (χ0) is 15.7. The summed E-state index contributed by atoms with van der Waals surface area (Å²) >= 11 is 13.2. The van der Waals surface area contributed by atoms with Crippen LogP contribution in [0.15, 0.2) is 63.8 Å². The summed E-state index contributed by atoms with van der Waals surface area (Å²) in [6.07, 6.45) is 0. The van der Waals surface area contributed by atoms with Crippen molar-refractivity contribution in [2.45, 2.75) is 9.65 Å². The molecule has 2 atom stereocenters. The van der Waals surface area contributed by atoms with E-state index in [4.69, 9.17) is 16.0 Å². The highest BCUT2D eigenvalue weighted by Gasteiger charge is 2.23. The minimum atomic E-state index is -0.175. The van der Waals surface area contributed by atoms with Gasteiger partial charge in [-0.05, 0) is 29.8 Å². The van der Waals surface area contributed by atoms with E-state index in [1.54, 1.807) is 12.1 Å². The summed E-state index contributed by atoms with van der Waals surface area (Å²) in [6, 6.07) is 16.3. The Kier molecular flexibility index (Phi) is 4.71. The van der Waals surface area contributed by atoms with E-state index in [1.807, 2.05) is 36.4 Å². The average molecular weight is 443 g/mol. The van der Waals surface area contributed by atoms with E-state index in [0.717, 1.165) is 5.56 Å². The second-order valence-corrected chi connectivity index (χ2v) is 7.27. The summed E-state index contributed by atoms with van der Waals surface area (Å²) in [5.41, 5.74) is 1.59. The largest absolute Gasteiger partial charge is 0.460 e. The van der Waals surface area contributed by atoms with Crippen LogP contribution in [0, 0.1) is 0 Å². The Labute approximate surface area is 149 Å². The maximum absolute atomic E-state index is 12.2. The number of rotatable bonds is 3. The quantitative estimate of drug-likeness (QED) is 0.465. The van der Waals surface area contributed by atoms with Gasteiger partial charge in [0.25, 0.3) is 0 Å². The van der Waals surface area contributed by atoms with Gasteiger partial charge in [0.1, 0.15) is 11.3 Å². The second-order valence-electron chi connectivity index (χ2n) is 4.86. The van der Waals surface area contributed by atoms with Gasteiger partial charge in [-0.25, -0.2) is 0 Å². The number of alkyl halides is 2. The monoisotopic (exact) mass is 440 g/mol. The molecule has 0 bridgehead atoms. The number of halogens is 3. The Balaban J connectivity index is 1.99. The van der Waals surface area contributed by atoms with Crippen molar-refractivity contribution in [1.82, 2.24) is 0 Å². The highest BCUT2D eigenvalue weighted by atomic mass is 79.9.